The average Bonchev–Trinajstić information content (AvgIpc) is 2.46. The second kappa shape index (κ2) is 12.5. The Labute approximate surface area is 123 Å². The normalized spacial score (nSPS) is 10.8. The van der Waals surface area contributed by atoms with Crippen LogP contribution in [0.15, 0.2) is 30.3 Å². The summed E-state index contributed by atoms with van der Waals surface area (Å²) < 4.78 is 5.66. The Morgan fingerprint density at radius 1 is 0.737 bits per heavy atom. The van der Waals surface area contributed by atoms with Gasteiger partial charge in [0.05, 0.1) is 6.61 Å². The highest BCUT2D eigenvalue weighted by atomic mass is 35.5. The first-order chi connectivity index (χ1) is 9.43. The number of rotatable bonds is 12. The van der Waals surface area contributed by atoms with Crippen LogP contribution in [0.2, 0.25) is 0 Å². The molecule has 19 heavy (non-hydrogen) atoms. The molecule has 0 aromatic heterocycles. The average molecular weight is 283 g/mol. The largest absolute Gasteiger partial charge is 0.377 e. The third-order valence-electron chi connectivity index (χ3n) is 3.28. The van der Waals surface area contributed by atoms with Crippen molar-refractivity contribution in [2.24, 2.45) is 0 Å². The van der Waals surface area contributed by atoms with Gasteiger partial charge in [0.25, 0.3) is 0 Å². The van der Waals surface area contributed by atoms with Crippen LogP contribution in [0.1, 0.15) is 56.9 Å². The molecule has 0 saturated carbocycles. The van der Waals surface area contributed by atoms with E-state index in [1.807, 2.05) is 6.07 Å². The molecule has 108 valence electrons. The van der Waals surface area contributed by atoms with Gasteiger partial charge in [-0.15, -0.1) is 11.6 Å². The van der Waals surface area contributed by atoms with Crippen LogP contribution in [0.5, 0.6) is 0 Å². The Morgan fingerprint density at radius 2 is 1.32 bits per heavy atom. The highest BCUT2D eigenvalue weighted by Gasteiger charge is 1.94. The zero-order valence-corrected chi connectivity index (χ0v) is 12.7. The second-order valence-corrected chi connectivity index (χ2v) is 5.43. The molecule has 0 bridgehead atoms. The molecule has 0 saturated heterocycles. The van der Waals surface area contributed by atoms with E-state index in [0.29, 0.717) is 0 Å². The van der Waals surface area contributed by atoms with Crippen LogP contribution in [0.4, 0.5) is 0 Å². The van der Waals surface area contributed by atoms with E-state index < -0.39 is 0 Å². The maximum absolute atomic E-state index is 5.66. The smallest absolute Gasteiger partial charge is 0.0716 e. The summed E-state index contributed by atoms with van der Waals surface area (Å²) in [4.78, 5) is 0. The fraction of sp³-hybridized carbons (Fsp3) is 0.647. The molecule has 0 aliphatic rings. The van der Waals surface area contributed by atoms with Gasteiger partial charge in [-0.25, -0.2) is 0 Å². The molecule has 0 fully saturated rings. The van der Waals surface area contributed by atoms with Crippen molar-refractivity contribution >= 4 is 11.6 Å². The number of unbranched alkanes of at least 4 members (excludes halogenated alkanes) is 7. The van der Waals surface area contributed by atoms with Gasteiger partial charge in [-0.2, -0.15) is 0 Å². The molecule has 0 aliphatic carbocycles. The molecule has 0 spiro atoms. The fourth-order valence-electron chi connectivity index (χ4n) is 2.12. The standard InChI is InChI=1S/C17H27ClO/c18-14-10-5-3-1-2-4-6-11-15-19-16-17-12-8-7-9-13-17/h7-9,12-13H,1-6,10-11,14-16H2. The summed E-state index contributed by atoms with van der Waals surface area (Å²) in [6.45, 7) is 1.64. The Hall–Kier alpha value is -0.530. The van der Waals surface area contributed by atoms with Gasteiger partial charge >= 0.3 is 0 Å². The van der Waals surface area contributed by atoms with Crippen molar-refractivity contribution in [3.8, 4) is 0 Å². The number of benzene rings is 1. The predicted octanol–water partition coefficient (Wildman–Crippen LogP) is 5.56. The molecule has 1 nitrogen and oxygen atoms in total. The molecule has 1 rings (SSSR count). The van der Waals surface area contributed by atoms with E-state index in [9.17, 15) is 0 Å². The first-order valence-corrected chi connectivity index (χ1v) is 8.14. The fourth-order valence-corrected chi connectivity index (χ4v) is 2.31. The topological polar surface area (TPSA) is 9.23 Å². The highest BCUT2D eigenvalue weighted by Crippen LogP contribution is 2.09. The zero-order valence-electron chi connectivity index (χ0n) is 12.0. The molecule has 0 N–H and O–H groups in total. The molecule has 0 radical (unpaired) electrons. The van der Waals surface area contributed by atoms with Gasteiger partial charge in [0.2, 0.25) is 0 Å². The van der Waals surface area contributed by atoms with Crippen molar-refractivity contribution in [2.45, 2.75) is 58.0 Å². The molecule has 0 aliphatic heterocycles. The van der Waals surface area contributed by atoms with Crippen molar-refractivity contribution in [3.05, 3.63) is 35.9 Å². The first-order valence-electron chi connectivity index (χ1n) is 7.61. The van der Waals surface area contributed by atoms with Gasteiger partial charge in [0.1, 0.15) is 0 Å². The third-order valence-corrected chi connectivity index (χ3v) is 3.55. The van der Waals surface area contributed by atoms with Crippen molar-refractivity contribution in [1.82, 2.24) is 0 Å². The number of hydrogen-bond donors (Lipinski definition) is 0. The van der Waals surface area contributed by atoms with Crippen molar-refractivity contribution in [1.29, 1.82) is 0 Å². The summed E-state index contributed by atoms with van der Waals surface area (Å²) in [5.41, 5.74) is 1.27. The maximum atomic E-state index is 5.66. The lowest BCUT2D eigenvalue weighted by atomic mass is 10.1. The number of hydrogen-bond acceptors (Lipinski definition) is 1. The SMILES string of the molecule is ClCCCCCCCCCCOCc1ccccc1. The molecule has 0 unspecified atom stereocenters. The van der Waals surface area contributed by atoms with Crippen LogP contribution in [0, 0.1) is 0 Å². The molecule has 0 amide bonds. The number of alkyl halides is 1. The lowest BCUT2D eigenvalue weighted by Gasteiger charge is -2.04. The van der Waals surface area contributed by atoms with Crippen LogP contribution >= 0.6 is 11.6 Å². The molecule has 0 heterocycles. The molecular weight excluding hydrogens is 256 g/mol. The van der Waals surface area contributed by atoms with Crippen LogP contribution in [0.3, 0.4) is 0 Å². The Bertz CT molecular complexity index is 287. The summed E-state index contributed by atoms with van der Waals surface area (Å²) in [5, 5.41) is 0. The Kier molecular flexibility index (Phi) is 10.9. The van der Waals surface area contributed by atoms with Crippen molar-refractivity contribution in [2.75, 3.05) is 12.5 Å². The molecule has 1 aromatic rings. The van der Waals surface area contributed by atoms with Gasteiger partial charge < -0.3 is 4.74 Å². The summed E-state index contributed by atoms with van der Waals surface area (Å²) in [7, 11) is 0. The van der Waals surface area contributed by atoms with E-state index in [1.54, 1.807) is 0 Å². The Morgan fingerprint density at radius 3 is 1.95 bits per heavy atom. The minimum atomic E-state index is 0.749. The highest BCUT2D eigenvalue weighted by molar-refractivity contribution is 6.17. The zero-order chi connectivity index (χ0) is 13.6. The molecule has 2 heteroatoms. The van der Waals surface area contributed by atoms with Crippen LogP contribution in [-0.2, 0) is 11.3 Å². The van der Waals surface area contributed by atoms with Gasteiger partial charge in [-0.3, -0.25) is 0 Å². The van der Waals surface area contributed by atoms with Crippen LogP contribution < -0.4 is 0 Å². The monoisotopic (exact) mass is 282 g/mol. The van der Waals surface area contributed by atoms with Crippen LogP contribution in [-0.4, -0.2) is 12.5 Å². The van der Waals surface area contributed by atoms with E-state index in [0.717, 1.165) is 19.1 Å². The molecule has 0 atom stereocenters. The van der Waals surface area contributed by atoms with Crippen molar-refractivity contribution < 1.29 is 4.74 Å². The van der Waals surface area contributed by atoms with E-state index in [1.165, 1.54) is 56.9 Å². The van der Waals surface area contributed by atoms with Gasteiger partial charge in [0.15, 0.2) is 0 Å². The van der Waals surface area contributed by atoms with Crippen molar-refractivity contribution in [3.63, 3.8) is 0 Å². The van der Waals surface area contributed by atoms with Crippen LogP contribution in [0.25, 0.3) is 0 Å². The first kappa shape index (κ1) is 16.5. The Balaban J connectivity index is 1.79. The number of halogens is 1. The van der Waals surface area contributed by atoms with E-state index in [4.69, 9.17) is 16.3 Å². The molecule has 1 aromatic carbocycles. The quantitative estimate of drug-likeness (QED) is 0.360. The summed E-state index contributed by atoms with van der Waals surface area (Å²) in [6, 6.07) is 10.4. The minimum absolute atomic E-state index is 0.749. The summed E-state index contributed by atoms with van der Waals surface area (Å²) in [6.07, 6.45) is 10.4. The van der Waals surface area contributed by atoms with Gasteiger partial charge in [-0.05, 0) is 18.4 Å². The lowest BCUT2D eigenvalue weighted by Crippen LogP contribution is -1.95. The minimum Gasteiger partial charge on any atom is -0.377 e. The molecular formula is C17H27ClO. The van der Waals surface area contributed by atoms with E-state index in [-0.39, 0.29) is 0 Å². The summed E-state index contributed by atoms with van der Waals surface area (Å²) in [5.74, 6) is 0.818. The van der Waals surface area contributed by atoms with Gasteiger partial charge in [0, 0.05) is 12.5 Å². The lowest BCUT2D eigenvalue weighted by molar-refractivity contribution is 0.116. The van der Waals surface area contributed by atoms with E-state index >= 15 is 0 Å². The maximum Gasteiger partial charge on any atom is 0.0716 e. The van der Waals surface area contributed by atoms with E-state index in [2.05, 4.69) is 24.3 Å². The third kappa shape index (κ3) is 9.98. The number of ether oxygens (including phenoxy) is 1. The second-order valence-electron chi connectivity index (χ2n) is 5.06. The predicted molar refractivity (Wildman–Crippen MR) is 83.8 cm³/mol. The van der Waals surface area contributed by atoms with Gasteiger partial charge in [-0.1, -0.05) is 68.9 Å². The summed E-state index contributed by atoms with van der Waals surface area (Å²) >= 11 is 5.64.